The van der Waals surface area contributed by atoms with Crippen molar-refractivity contribution in [3.63, 3.8) is 0 Å². The molecule has 1 radical (unpaired) electrons. The molecule has 0 atom stereocenters. The Bertz CT molecular complexity index is 1350. The number of nitrogens with zero attached hydrogens (tertiary/aromatic N) is 2. The SMILES string of the molecule is CC(C)(C)C(=O)/C=C(\[O-])C(F)(F)F.CC(C)(C)C(=O)/C=C(\[O-])C(F)(F)F.CC(C)(C)C(=O)/C=C(\[O-])C(F)(F)F.[Ce+3].c1ccc(-c2ccccn2)nc1. The summed E-state index contributed by atoms with van der Waals surface area (Å²) in [5.74, 6) is -8.79. The van der Waals surface area contributed by atoms with Gasteiger partial charge in [-0.15, -0.1) is 0 Å². The van der Waals surface area contributed by atoms with Gasteiger partial charge in [-0.2, -0.15) is 39.5 Å². The fourth-order valence-electron chi connectivity index (χ4n) is 2.28. The fourth-order valence-corrected chi connectivity index (χ4v) is 2.28. The Labute approximate surface area is 329 Å². The number of aromatic nitrogens is 2. The zero-order chi connectivity index (χ0) is 40.8. The van der Waals surface area contributed by atoms with Crippen LogP contribution in [0, 0.1) is 58.0 Å². The number of alkyl halides is 9. The normalized spacial score (nSPS) is 13.1. The minimum absolute atomic E-state index is 0. The third kappa shape index (κ3) is 23.3. The number of ketones is 3. The number of hydrogen-bond donors (Lipinski definition) is 0. The van der Waals surface area contributed by atoms with E-state index < -0.39 is 69.4 Å². The monoisotopic (exact) mass is 881 g/mol. The maximum atomic E-state index is 11.7. The van der Waals surface area contributed by atoms with Gasteiger partial charge in [0, 0.05) is 28.6 Å². The van der Waals surface area contributed by atoms with Gasteiger partial charge < -0.3 is 15.3 Å². The van der Waals surface area contributed by atoms with Crippen LogP contribution in [0.4, 0.5) is 39.5 Å². The van der Waals surface area contributed by atoms with Crippen LogP contribution in [0.2, 0.25) is 0 Å². The first-order valence-electron chi connectivity index (χ1n) is 14.4. The molecule has 0 aromatic carbocycles. The van der Waals surface area contributed by atoms with Crippen LogP contribution in [0.3, 0.4) is 0 Å². The molecule has 2 aromatic rings. The molecule has 0 unspecified atom stereocenters. The van der Waals surface area contributed by atoms with Crippen molar-refractivity contribution in [3.05, 3.63) is 84.3 Å². The Morgan fingerprint density at radius 1 is 0.481 bits per heavy atom. The Balaban J connectivity index is -0.000000612. The Hall–Kier alpha value is -3.32. The zero-order valence-electron chi connectivity index (χ0n) is 29.6. The Morgan fingerprint density at radius 2 is 0.692 bits per heavy atom. The van der Waals surface area contributed by atoms with E-state index in [2.05, 4.69) is 9.97 Å². The molecule has 0 aliphatic carbocycles. The fraction of sp³-hybridized carbons (Fsp3) is 0.441. The van der Waals surface area contributed by atoms with E-state index in [1.807, 2.05) is 36.4 Å². The van der Waals surface area contributed by atoms with Crippen molar-refractivity contribution in [1.29, 1.82) is 0 Å². The minimum Gasteiger partial charge on any atom is -0.869 e. The molecule has 2 rings (SSSR count). The topological polar surface area (TPSA) is 146 Å². The molecule has 18 heteroatoms. The molecule has 0 aliphatic heterocycles. The predicted molar refractivity (Wildman–Crippen MR) is 163 cm³/mol. The van der Waals surface area contributed by atoms with Crippen LogP contribution >= 0.6 is 0 Å². The van der Waals surface area contributed by atoms with E-state index in [0.29, 0.717) is 0 Å². The Kier molecular flexibility index (Phi) is 21.8. The van der Waals surface area contributed by atoms with Crippen molar-refractivity contribution >= 4 is 17.3 Å². The van der Waals surface area contributed by atoms with Gasteiger partial charge in [0.15, 0.2) is 17.3 Å². The molecular formula is C34H38CeF9N2O6. The van der Waals surface area contributed by atoms with Crippen LogP contribution in [0.5, 0.6) is 0 Å². The molecule has 0 saturated carbocycles. The average molecular weight is 882 g/mol. The summed E-state index contributed by atoms with van der Waals surface area (Å²) >= 11 is 0. The summed E-state index contributed by atoms with van der Waals surface area (Å²) in [6.07, 6.45) is -11.0. The number of allylic oxidation sites excluding steroid dienone is 6. The molecule has 2 heterocycles. The van der Waals surface area contributed by atoms with E-state index in [1.165, 1.54) is 62.3 Å². The number of carbonyl (C=O) groups excluding carboxylic acids is 3. The van der Waals surface area contributed by atoms with E-state index in [1.54, 1.807) is 12.4 Å². The summed E-state index contributed by atoms with van der Waals surface area (Å²) in [4.78, 5) is 41.2. The van der Waals surface area contributed by atoms with Crippen molar-refractivity contribution in [3.8, 4) is 11.4 Å². The number of hydrogen-bond acceptors (Lipinski definition) is 8. The molecular weight excluding hydrogens is 843 g/mol. The van der Waals surface area contributed by atoms with E-state index >= 15 is 0 Å². The quantitative estimate of drug-likeness (QED) is 0.196. The van der Waals surface area contributed by atoms with Crippen LogP contribution in [0.25, 0.3) is 11.4 Å². The number of carbonyl (C=O) groups is 3. The van der Waals surface area contributed by atoms with Crippen molar-refractivity contribution in [1.82, 2.24) is 9.97 Å². The molecule has 287 valence electrons. The second kappa shape index (κ2) is 21.4. The van der Waals surface area contributed by atoms with Gasteiger partial charge in [0.1, 0.15) is 0 Å². The van der Waals surface area contributed by atoms with Crippen LogP contribution < -0.4 is 15.3 Å². The third-order valence-electron chi connectivity index (χ3n) is 5.43. The van der Waals surface area contributed by atoms with Gasteiger partial charge in [0.2, 0.25) is 0 Å². The first kappa shape index (κ1) is 53.0. The van der Waals surface area contributed by atoms with Gasteiger partial charge in [-0.1, -0.05) is 74.4 Å². The van der Waals surface area contributed by atoms with E-state index in [9.17, 15) is 69.2 Å². The molecule has 0 aliphatic rings. The first-order valence-corrected chi connectivity index (χ1v) is 14.4. The smallest absolute Gasteiger partial charge is 0.869 e. The number of pyridine rings is 2. The van der Waals surface area contributed by atoms with Crippen LogP contribution in [0.15, 0.2) is 84.3 Å². The molecule has 0 fully saturated rings. The molecule has 0 bridgehead atoms. The zero-order valence-corrected chi connectivity index (χ0v) is 32.7. The predicted octanol–water partition coefficient (Wildman–Crippen LogP) is 6.37. The number of rotatable bonds is 4. The van der Waals surface area contributed by atoms with E-state index in [4.69, 9.17) is 0 Å². The molecule has 0 spiro atoms. The average Bonchev–Trinajstić information content (AvgIpc) is 2.96. The maximum Gasteiger partial charge on any atom is 3.00 e. The molecule has 0 N–H and O–H groups in total. The summed E-state index contributed by atoms with van der Waals surface area (Å²) < 4.78 is 105. The van der Waals surface area contributed by atoms with E-state index in [-0.39, 0.29) is 60.0 Å². The molecule has 8 nitrogen and oxygen atoms in total. The van der Waals surface area contributed by atoms with Crippen LogP contribution in [-0.2, 0) is 14.4 Å². The second-order valence-electron chi connectivity index (χ2n) is 13.3. The standard InChI is InChI=1S/C10H8N2.3C8H11F3O2.Ce/c1-3-7-11-9(5-1)10-6-2-4-8-12-10;3*1-7(2,3)5(12)4-6(13)8(9,10)11;/h1-8H;3*4,13H,1-3H3;/q;;;;+3/p-3/b;3*6-4-;. The third-order valence-corrected chi connectivity index (χ3v) is 5.43. The van der Waals surface area contributed by atoms with Crippen molar-refractivity contribution in [2.45, 2.75) is 80.8 Å². The van der Waals surface area contributed by atoms with Crippen molar-refractivity contribution in [2.24, 2.45) is 16.2 Å². The van der Waals surface area contributed by atoms with Crippen molar-refractivity contribution in [2.75, 3.05) is 0 Å². The summed E-state index contributed by atoms with van der Waals surface area (Å²) in [5, 5.41) is 31.0. The summed E-state index contributed by atoms with van der Waals surface area (Å²) in [7, 11) is 0. The molecule has 0 saturated heterocycles. The van der Waals surface area contributed by atoms with Gasteiger partial charge >= 0.3 is 60.3 Å². The second-order valence-corrected chi connectivity index (χ2v) is 13.3. The van der Waals surface area contributed by atoms with Gasteiger partial charge in [-0.3, -0.25) is 24.4 Å². The largest absolute Gasteiger partial charge is 3.00 e. The van der Waals surface area contributed by atoms with Gasteiger partial charge in [0.25, 0.3) is 0 Å². The van der Waals surface area contributed by atoms with Crippen LogP contribution in [-0.4, -0.2) is 45.8 Å². The van der Waals surface area contributed by atoms with Crippen molar-refractivity contribution < 1.29 is 111 Å². The molecule has 0 amide bonds. The van der Waals surface area contributed by atoms with Gasteiger partial charge in [0.05, 0.1) is 11.4 Å². The summed E-state index contributed by atoms with van der Waals surface area (Å²) in [6, 6.07) is 11.6. The van der Waals surface area contributed by atoms with Gasteiger partial charge in [-0.25, -0.2) is 0 Å². The Morgan fingerprint density at radius 3 is 0.827 bits per heavy atom. The van der Waals surface area contributed by atoms with Crippen LogP contribution in [0.1, 0.15) is 62.3 Å². The first-order chi connectivity index (χ1) is 22.6. The maximum absolute atomic E-state index is 11.7. The summed E-state index contributed by atoms with van der Waals surface area (Å²) in [6.45, 7) is 13.0. The van der Waals surface area contributed by atoms with E-state index in [0.717, 1.165) is 11.4 Å². The van der Waals surface area contributed by atoms with Gasteiger partial charge in [-0.05, 0) is 59.8 Å². The molecule has 52 heavy (non-hydrogen) atoms. The summed E-state index contributed by atoms with van der Waals surface area (Å²) in [5.41, 5.74) is -1.04. The number of halogens is 9. The molecule has 2 aromatic heterocycles. The minimum atomic E-state index is -4.96.